The molecule has 0 aliphatic carbocycles. The molecule has 4 rings (SSSR count). The summed E-state index contributed by atoms with van der Waals surface area (Å²) in [5.41, 5.74) is 3.06. The first-order valence-electron chi connectivity index (χ1n) is 10.9. The summed E-state index contributed by atoms with van der Waals surface area (Å²) < 4.78 is 5.44. The zero-order chi connectivity index (χ0) is 23.0. The molecule has 1 heterocycles. The smallest absolute Gasteiger partial charge is 0.339 e. The van der Waals surface area contributed by atoms with E-state index in [1.54, 1.807) is 35.2 Å². The van der Waals surface area contributed by atoms with Crippen LogP contribution in [0.1, 0.15) is 11.1 Å². The Hall–Kier alpha value is -3.57. The molecule has 168 valence electrons. The van der Waals surface area contributed by atoms with E-state index in [4.69, 9.17) is 16.3 Å². The maximum absolute atomic E-state index is 13.0. The van der Waals surface area contributed by atoms with Crippen molar-refractivity contribution >= 4 is 40.8 Å². The van der Waals surface area contributed by atoms with E-state index in [0.717, 1.165) is 24.3 Å². The van der Waals surface area contributed by atoms with Crippen molar-refractivity contribution in [1.29, 1.82) is 0 Å². The lowest BCUT2D eigenvalue weighted by molar-refractivity contribution is -0.147. The molecule has 1 aliphatic heterocycles. The highest BCUT2D eigenvalue weighted by Gasteiger charge is 2.23. The van der Waals surface area contributed by atoms with Crippen LogP contribution in [0.25, 0.3) is 11.6 Å². The number of hydrogen-bond donors (Lipinski definition) is 0. The van der Waals surface area contributed by atoms with Crippen molar-refractivity contribution in [2.24, 2.45) is 0 Å². The average Bonchev–Trinajstić information content (AvgIpc) is 2.87. The van der Waals surface area contributed by atoms with Gasteiger partial charge in [-0.3, -0.25) is 4.79 Å². The molecule has 0 saturated carbocycles. The molecule has 0 atom stereocenters. The van der Waals surface area contributed by atoms with Crippen LogP contribution in [0.2, 0.25) is 5.02 Å². The van der Waals surface area contributed by atoms with Gasteiger partial charge < -0.3 is 14.5 Å². The van der Waals surface area contributed by atoms with Crippen LogP contribution < -0.4 is 4.90 Å². The molecule has 3 aromatic rings. The maximum Gasteiger partial charge on any atom is 0.339 e. The van der Waals surface area contributed by atoms with Crippen LogP contribution in [-0.2, 0) is 14.3 Å². The number of hydrogen-bond acceptors (Lipinski definition) is 4. The van der Waals surface area contributed by atoms with Crippen molar-refractivity contribution in [3.05, 3.63) is 101 Å². The fourth-order valence-corrected chi connectivity index (χ4v) is 3.88. The van der Waals surface area contributed by atoms with Crippen LogP contribution in [-0.4, -0.2) is 49.6 Å². The molecule has 6 heteroatoms. The molecule has 3 aromatic carbocycles. The topological polar surface area (TPSA) is 49.9 Å². The second-order valence-electron chi connectivity index (χ2n) is 7.76. The van der Waals surface area contributed by atoms with Crippen molar-refractivity contribution in [2.75, 3.05) is 37.7 Å². The van der Waals surface area contributed by atoms with Crippen molar-refractivity contribution in [2.45, 2.75) is 0 Å². The van der Waals surface area contributed by atoms with E-state index in [1.807, 2.05) is 48.5 Å². The van der Waals surface area contributed by atoms with E-state index in [1.165, 1.54) is 0 Å². The molecule has 1 amide bonds. The van der Waals surface area contributed by atoms with Gasteiger partial charge in [0.2, 0.25) is 0 Å². The Balaban J connectivity index is 1.38. The van der Waals surface area contributed by atoms with E-state index in [2.05, 4.69) is 17.0 Å². The molecule has 1 aliphatic rings. The standard InChI is InChI=1S/C27H25ClN2O3/c28-23-13-11-22(12-14-23)25(19-21-7-3-1-4-8-21)27(32)33-20-26(31)30-17-15-29(16-18-30)24-9-5-2-6-10-24/h1-14,19H,15-18,20H2/b25-19+. The Bertz CT molecular complexity index is 1110. The number of rotatable bonds is 6. The van der Waals surface area contributed by atoms with E-state index >= 15 is 0 Å². The number of anilines is 1. The van der Waals surface area contributed by atoms with Gasteiger partial charge in [0.1, 0.15) is 0 Å². The van der Waals surface area contributed by atoms with Gasteiger partial charge >= 0.3 is 5.97 Å². The zero-order valence-electron chi connectivity index (χ0n) is 18.2. The van der Waals surface area contributed by atoms with Crippen LogP contribution >= 0.6 is 11.6 Å². The van der Waals surface area contributed by atoms with Gasteiger partial charge in [-0.2, -0.15) is 0 Å². The molecular formula is C27H25ClN2O3. The number of esters is 1. The number of piperazine rings is 1. The minimum Gasteiger partial charge on any atom is -0.452 e. The first-order valence-corrected chi connectivity index (χ1v) is 11.3. The molecule has 5 nitrogen and oxygen atoms in total. The van der Waals surface area contributed by atoms with E-state index in [9.17, 15) is 9.59 Å². The molecule has 0 N–H and O–H groups in total. The number of halogens is 1. The third-order valence-electron chi connectivity index (χ3n) is 5.57. The molecule has 33 heavy (non-hydrogen) atoms. The van der Waals surface area contributed by atoms with Crippen LogP contribution in [0.15, 0.2) is 84.9 Å². The predicted molar refractivity (Wildman–Crippen MR) is 132 cm³/mol. The molecule has 0 bridgehead atoms. The monoisotopic (exact) mass is 460 g/mol. The number of carbonyl (C=O) groups excluding carboxylic acids is 2. The largest absolute Gasteiger partial charge is 0.452 e. The number of carbonyl (C=O) groups is 2. The van der Waals surface area contributed by atoms with E-state index in [0.29, 0.717) is 29.2 Å². The Morgan fingerprint density at radius 3 is 2.06 bits per heavy atom. The van der Waals surface area contributed by atoms with Gasteiger partial charge in [0.15, 0.2) is 6.61 Å². The molecule has 1 fully saturated rings. The Morgan fingerprint density at radius 2 is 1.42 bits per heavy atom. The molecule has 1 saturated heterocycles. The Morgan fingerprint density at radius 1 is 0.818 bits per heavy atom. The first-order chi connectivity index (χ1) is 16.1. The highest BCUT2D eigenvalue weighted by molar-refractivity contribution is 6.30. The molecule has 0 unspecified atom stereocenters. The van der Waals surface area contributed by atoms with Crippen LogP contribution in [0.5, 0.6) is 0 Å². The lowest BCUT2D eigenvalue weighted by atomic mass is 10.0. The van der Waals surface area contributed by atoms with E-state index < -0.39 is 5.97 Å². The van der Waals surface area contributed by atoms with Crippen LogP contribution in [0, 0.1) is 0 Å². The molecular weight excluding hydrogens is 436 g/mol. The van der Waals surface area contributed by atoms with Crippen molar-refractivity contribution < 1.29 is 14.3 Å². The van der Waals surface area contributed by atoms with Crippen molar-refractivity contribution in [3.63, 3.8) is 0 Å². The SMILES string of the molecule is O=C(OCC(=O)N1CCN(c2ccccc2)CC1)/C(=C/c1ccccc1)c1ccc(Cl)cc1. The highest BCUT2D eigenvalue weighted by Crippen LogP contribution is 2.22. The minimum absolute atomic E-state index is 0.189. The van der Waals surface area contributed by atoms with Gasteiger partial charge in [0.25, 0.3) is 5.91 Å². The number of ether oxygens (including phenoxy) is 1. The molecule has 0 spiro atoms. The zero-order valence-corrected chi connectivity index (χ0v) is 18.9. The molecule has 0 aromatic heterocycles. The molecule has 0 radical (unpaired) electrons. The lowest BCUT2D eigenvalue weighted by Crippen LogP contribution is -2.49. The Kier molecular flexibility index (Phi) is 7.43. The van der Waals surface area contributed by atoms with Gasteiger partial charge in [-0.05, 0) is 41.5 Å². The lowest BCUT2D eigenvalue weighted by Gasteiger charge is -2.36. The second kappa shape index (κ2) is 10.8. The fraction of sp³-hybridized carbons (Fsp3) is 0.185. The van der Waals surface area contributed by atoms with Gasteiger partial charge in [-0.15, -0.1) is 0 Å². The van der Waals surface area contributed by atoms with E-state index in [-0.39, 0.29) is 12.5 Å². The van der Waals surface area contributed by atoms with Gasteiger partial charge in [-0.1, -0.05) is 72.3 Å². The van der Waals surface area contributed by atoms with Gasteiger partial charge in [-0.25, -0.2) is 4.79 Å². The average molecular weight is 461 g/mol. The van der Waals surface area contributed by atoms with Gasteiger partial charge in [0, 0.05) is 36.9 Å². The summed E-state index contributed by atoms with van der Waals surface area (Å²) in [4.78, 5) is 29.6. The summed E-state index contributed by atoms with van der Waals surface area (Å²) in [7, 11) is 0. The predicted octanol–water partition coefficient (Wildman–Crippen LogP) is 4.77. The number of benzene rings is 3. The number of amides is 1. The number of nitrogens with zero attached hydrogens (tertiary/aromatic N) is 2. The van der Waals surface area contributed by atoms with Gasteiger partial charge in [0.05, 0.1) is 5.57 Å². The maximum atomic E-state index is 13.0. The third-order valence-corrected chi connectivity index (χ3v) is 5.82. The second-order valence-corrected chi connectivity index (χ2v) is 8.19. The summed E-state index contributed by atoms with van der Waals surface area (Å²) in [5.74, 6) is -0.733. The quantitative estimate of drug-likeness (QED) is 0.302. The normalized spacial score (nSPS) is 14.2. The van der Waals surface area contributed by atoms with Crippen LogP contribution in [0.4, 0.5) is 5.69 Å². The highest BCUT2D eigenvalue weighted by atomic mass is 35.5. The summed E-state index contributed by atoms with van der Waals surface area (Å²) in [6, 6.07) is 26.6. The Labute approximate surface area is 198 Å². The summed E-state index contributed by atoms with van der Waals surface area (Å²) >= 11 is 6.00. The van der Waals surface area contributed by atoms with Crippen molar-refractivity contribution in [1.82, 2.24) is 4.90 Å². The summed E-state index contributed by atoms with van der Waals surface area (Å²) in [5, 5.41) is 0.580. The number of para-hydroxylation sites is 1. The minimum atomic E-state index is -0.544. The third kappa shape index (κ3) is 6.02. The fourth-order valence-electron chi connectivity index (χ4n) is 3.75. The van der Waals surface area contributed by atoms with Crippen molar-refractivity contribution in [3.8, 4) is 0 Å². The first kappa shape index (κ1) is 22.6. The summed E-state index contributed by atoms with van der Waals surface area (Å²) in [6.45, 7) is 2.38. The summed E-state index contributed by atoms with van der Waals surface area (Å²) in [6.07, 6.45) is 1.76. The van der Waals surface area contributed by atoms with Crippen LogP contribution in [0.3, 0.4) is 0 Å².